The van der Waals surface area contributed by atoms with Crippen LogP contribution in [0, 0.1) is 0 Å². The van der Waals surface area contributed by atoms with Gasteiger partial charge in [0.25, 0.3) is 0 Å². The molecule has 0 aliphatic rings. The molecule has 0 heterocycles. The summed E-state index contributed by atoms with van der Waals surface area (Å²) in [5.41, 5.74) is 1.08. The highest BCUT2D eigenvalue weighted by Gasteiger charge is 2.30. The molecule has 0 fully saturated rings. The molecule has 8 nitrogen and oxygen atoms in total. The van der Waals surface area contributed by atoms with Crippen LogP contribution in [0.4, 0.5) is 5.69 Å². The Morgan fingerprint density at radius 1 is 1.06 bits per heavy atom. The molecular weight excluding hydrogens is 478 g/mol. The summed E-state index contributed by atoms with van der Waals surface area (Å²) in [6.07, 6.45) is 1.77. The molecule has 1 N–H and O–H groups in total. The summed E-state index contributed by atoms with van der Waals surface area (Å²) in [5.74, 6) is -0.266. The lowest BCUT2D eigenvalue weighted by atomic mass is 10.1. The number of hydrogen-bond acceptors (Lipinski definition) is 5. The molecular formula is C24H32ClN3O5S. The molecule has 0 aromatic heterocycles. The Balaban J connectivity index is 2.36. The Morgan fingerprint density at radius 3 is 2.15 bits per heavy atom. The normalized spacial score (nSPS) is 13.0. The van der Waals surface area contributed by atoms with Crippen LogP contribution in [0.2, 0.25) is 5.02 Å². The zero-order valence-corrected chi connectivity index (χ0v) is 21.7. The van der Waals surface area contributed by atoms with Crippen molar-refractivity contribution in [2.75, 3.05) is 24.2 Å². The monoisotopic (exact) mass is 509 g/mol. The fourth-order valence-electron chi connectivity index (χ4n) is 3.20. The molecule has 186 valence electrons. The second kappa shape index (κ2) is 12.1. The van der Waals surface area contributed by atoms with Crippen LogP contribution < -0.4 is 14.4 Å². The zero-order chi connectivity index (χ0) is 25.5. The Hall–Kier alpha value is -2.78. The quantitative estimate of drug-likeness (QED) is 0.500. The Bertz CT molecular complexity index is 1070. The largest absolute Gasteiger partial charge is 0.497 e. The van der Waals surface area contributed by atoms with Crippen molar-refractivity contribution in [2.45, 2.75) is 45.8 Å². The molecule has 0 radical (unpaired) electrons. The van der Waals surface area contributed by atoms with Gasteiger partial charge in [0, 0.05) is 17.6 Å². The maximum absolute atomic E-state index is 13.5. The van der Waals surface area contributed by atoms with E-state index in [1.54, 1.807) is 55.5 Å². The minimum atomic E-state index is -3.79. The number of sulfonamides is 1. The highest BCUT2D eigenvalue weighted by Crippen LogP contribution is 2.22. The van der Waals surface area contributed by atoms with Crippen LogP contribution in [0.3, 0.4) is 0 Å². The first-order valence-electron chi connectivity index (χ1n) is 10.9. The van der Waals surface area contributed by atoms with E-state index >= 15 is 0 Å². The Morgan fingerprint density at radius 2 is 1.65 bits per heavy atom. The SMILES string of the molecule is CC[C@@H](C)NC(=O)[C@H](C)N(Cc1ccc(Cl)cc1)C(=O)CN(c1ccc(OC)cc1)S(C)(=O)=O. The number of hydrogen-bond donors (Lipinski definition) is 1. The molecule has 34 heavy (non-hydrogen) atoms. The predicted molar refractivity (Wildman–Crippen MR) is 135 cm³/mol. The van der Waals surface area contributed by atoms with E-state index in [0.717, 1.165) is 22.5 Å². The third-order valence-electron chi connectivity index (χ3n) is 5.47. The molecule has 0 unspecified atom stereocenters. The number of amides is 2. The van der Waals surface area contributed by atoms with Crippen molar-refractivity contribution in [3.8, 4) is 5.75 Å². The third-order valence-corrected chi connectivity index (χ3v) is 6.87. The summed E-state index contributed by atoms with van der Waals surface area (Å²) in [4.78, 5) is 27.7. The van der Waals surface area contributed by atoms with E-state index in [1.807, 2.05) is 13.8 Å². The summed E-state index contributed by atoms with van der Waals surface area (Å²) in [5, 5.41) is 3.44. The molecule has 2 aromatic carbocycles. The molecule has 0 aliphatic heterocycles. The van der Waals surface area contributed by atoms with Gasteiger partial charge in [0.2, 0.25) is 21.8 Å². The van der Waals surface area contributed by atoms with Crippen molar-refractivity contribution < 1.29 is 22.7 Å². The van der Waals surface area contributed by atoms with Crippen molar-refractivity contribution in [2.24, 2.45) is 0 Å². The molecule has 10 heteroatoms. The van der Waals surface area contributed by atoms with Crippen molar-refractivity contribution in [1.82, 2.24) is 10.2 Å². The molecule has 2 aromatic rings. The number of nitrogens with one attached hydrogen (secondary N) is 1. The van der Waals surface area contributed by atoms with Crippen molar-refractivity contribution >= 4 is 39.1 Å². The van der Waals surface area contributed by atoms with E-state index < -0.39 is 28.5 Å². The Kier molecular flexibility index (Phi) is 9.76. The first-order chi connectivity index (χ1) is 16.0. The number of nitrogens with zero attached hydrogens (tertiary/aromatic N) is 2. The minimum Gasteiger partial charge on any atom is -0.497 e. The van der Waals surface area contributed by atoms with Gasteiger partial charge in [-0.1, -0.05) is 30.7 Å². The van der Waals surface area contributed by atoms with Crippen LogP contribution >= 0.6 is 11.6 Å². The molecule has 0 saturated carbocycles. The third kappa shape index (κ3) is 7.63. The van der Waals surface area contributed by atoms with Crippen LogP contribution in [-0.2, 0) is 26.2 Å². The summed E-state index contributed by atoms with van der Waals surface area (Å²) in [7, 11) is -2.28. The standard InChI is InChI=1S/C24H32ClN3O5S/c1-6-17(2)26-24(30)18(3)27(15-19-7-9-20(25)10-8-19)23(29)16-28(34(5,31)32)21-11-13-22(33-4)14-12-21/h7-14,17-18H,6,15-16H2,1-5H3,(H,26,30)/t17-,18+/m1/s1. The van der Waals surface area contributed by atoms with E-state index in [1.165, 1.54) is 12.0 Å². The van der Waals surface area contributed by atoms with E-state index in [4.69, 9.17) is 16.3 Å². The highest BCUT2D eigenvalue weighted by molar-refractivity contribution is 7.92. The fraction of sp³-hybridized carbons (Fsp3) is 0.417. The maximum atomic E-state index is 13.5. The summed E-state index contributed by atoms with van der Waals surface area (Å²) in [6.45, 7) is 5.12. The maximum Gasteiger partial charge on any atom is 0.244 e. The first kappa shape index (κ1) is 27.5. The molecule has 2 rings (SSSR count). The van der Waals surface area contributed by atoms with Gasteiger partial charge in [0.05, 0.1) is 19.1 Å². The molecule has 2 amide bonds. The molecule has 0 saturated heterocycles. The topological polar surface area (TPSA) is 96.0 Å². The molecule has 0 spiro atoms. The van der Waals surface area contributed by atoms with Crippen LogP contribution in [-0.4, -0.2) is 57.1 Å². The number of carbonyl (C=O) groups excluding carboxylic acids is 2. The molecule has 0 bridgehead atoms. The van der Waals surface area contributed by atoms with Gasteiger partial charge in [-0.3, -0.25) is 13.9 Å². The second-order valence-electron chi connectivity index (χ2n) is 8.11. The minimum absolute atomic E-state index is 0.0609. The van der Waals surface area contributed by atoms with Crippen molar-refractivity contribution in [3.05, 3.63) is 59.1 Å². The molecule has 2 atom stereocenters. The zero-order valence-electron chi connectivity index (χ0n) is 20.1. The average Bonchev–Trinajstić information content (AvgIpc) is 2.80. The van der Waals surface area contributed by atoms with Crippen molar-refractivity contribution in [1.29, 1.82) is 0 Å². The lowest BCUT2D eigenvalue weighted by Gasteiger charge is -2.32. The Labute approximate surface area is 206 Å². The van der Waals surface area contributed by atoms with Gasteiger partial charge in [0.1, 0.15) is 18.3 Å². The number of anilines is 1. The smallest absolute Gasteiger partial charge is 0.244 e. The summed E-state index contributed by atoms with van der Waals surface area (Å²) >= 11 is 5.98. The van der Waals surface area contributed by atoms with Crippen molar-refractivity contribution in [3.63, 3.8) is 0 Å². The van der Waals surface area contributed by atoms with Gasteiger partial charge in [-0.25, -0.2) is 8.42 Å². The lowest BCUT2D eigenvalue weighted by Crippen LogP contribution is -2.52. The van der Waals surface area contributed by atoms with Crippen LogP contribution in [0.25, 0.3) is 0 Å². The van der Waals surface area contributed by atoms with Crippen LogP contribution in [0.5, 0.6) is 5.75 Å². The summed E-state index contributed by atoms with van der Waals surface area (Å²) in [6, 6.07) is 12.4. The predicted octanol–water partition coefficient (Wildman–Crippen LogP) is 3.45. The van der Waals surface area contributed by atoms with Gasteiger partial charge in [-0.15, -0.1) is 0 Å². The van der Waals surface area contributed by atoms with Gasteiger partial charge in [0.15, 0.2) is 0 Å². The van der Waals surface area contributed by atoms with E-state index in [-0.39, 0.29) is 18.5 Å². The lowest BCUT2D eigenvalue weighted by molar-refractivity contribution is -0.139. The van der Waals surface area contributed by atoms with E-state index in [0.29, 0.717) is 16.5 Å². The van der Waals surface area contributed by atoms with Gasteiger partial charge in [-0.2, -0.15) is 0 Å². The number of carbonyl (C=O) groups is 2. The first-order valence-corrected chi connectivity index (χ1v) is 13.1. The van der Waals surface area contributed by atoms with Crippen LogP contribution in [0.15, 0.2) is 48.5 Å². The average molecular weight is 510 g/mol. The van der Waals surface area contributed by atoms with Gasteiger partial charge in [-0.05, 0) is 62.2 Å². The fourth-order valence-corrected chi connectivity index (χ4v) is 4.17. The second-order valence-corrected chi connectivity index (χ2v) is 10.5. The van der Waals surface area contributed by atoms with E-state index in [9.17, 15) is 18.0 Å². The number of ether oxygens (including phenoxy) is 1. The number of halogens is 1. The number of methoxy groups -OCH3 is 1. The molecule has 0 aliphatic carbocycles. The number of benzene rings is 2. The summed E-state index contributed by atoms with van der Waals surface area (Å²) < 4.78 is 31.3. The van der Waals surface area contributed by atoms with Crippen LogP contribution in [0.1, 0.15) is 32.8 Å². The highest BCUT2D eigenvalue weighted by atomic mass is 35.5. The number of rotatable bonds is 11. The van der Waals surface area contributed by atoms with Gasteiger partial charge >= 0.3 is 0 Å². The van der Waals surface area contributed by atoms with E-state index in [2.05, 4.69) is 5.32 Å². The van der Waals surface area contributed by atoms with Gasteiger partial charge < -0.3 is 15.0 Å².